The number of hydrogen-bond donors (Lipinski definition) is 2. The third-order valence-electron chi connectivity index (χ3n) is 4.85. The summed E-state index contributed by atoms with van der Waals surface area (Å²) >= 11 is 0. The summed E-state index contributed by atoms with van der Waals surface area (Å²) in [5, 5.41) is 4.17. The lowest BCUT2D eigenvalue weighted by Crippen LogP contribution is -2.46. The fourth-order valence-corrected chi connectivity index (χ4v) is 2.97. The van der Waals surface area contributed by atoms with Gasteiger partial charge in [0.1, 0.15) is 11.3 Å². The summed E-state index contributed by atoms with van der Waals surface area (Å²) in [6.45, 7) is 8.35. The third kappa shape index (κ3) is 2.75. The Bertz CT molecular complexity index is 648. The lowest BCUT2D eigenvalue weighted by Gasteiger charge is -2.30. The van der Waals surface area contributed by atoms with Crippen LogP contribution in [0.1, 0.15) is 51.0 Å². The monoisotopic (exact) mass is 302 g/mol. The van der Waals surface area contributed by atoms with Crippen LogP contribution in [0.25, 0.3) is 11.0 Å². The number of aryl methyl sites for hydroxylation is 1. The van der Waals surface area contributed by atoms with Crippen molar-refractivity contribution in [2.75, 3.05) is 6.54 Å². The molecular formula is C18H26N2O2. The van der Waals surface area contributed by atoms with E-state index in [-0.39, 0.29) is 11.9 Å². The van der Waals surface area contributed by atoms with Gasteiger partial charge in [-0.1, -0.05) is 32.0 Å². The number of para-hydroxylation sites is 1. The number of nitrogens with two attached hydrogens (primary N) is 1. The van der Waals surface area contributed by atoms with E-state index in [1.165, 1.54) is 0 Å². The van der Waals surface area contributed by atoms with Gasteiger partial charge in [0.2, 0.25) is 5.91 Å². The Labute approximate surface area is 132 Å². The molecule has 120 valence electrons. The highest BCUT2D eigenvalue weighted by atomic mass is 16.3. The summed E-state index contributed by atoms with van der Waals surface area (Å²) in [4.78, 5) is 12.6. The van der Waals surface area contributed by atoms with Crippen molar-refractivity contribution < 1.29 is 9.21 Å². The molecule has 1 aromatic heterocycles. The number of nitrogens with one attached hydrogen (secondary N) is 1. The minimum atomic E-state index is -0.492. The first-order valence-electron chi connectivity index (χ1n) is 7.98. The number of hydrogen-bond acceptors (Lipinski definition) is 3. The molecule has 0 fully saturated rings. The van der Waals surface area contributed by atoms with Crippen molar-refractivity contribution in [1.82, 2.24) is 5.32 Å². The van der Waals surface area contributed by atoms with Crippen molar-refractivity contribution in [2.45, 2.75) is 46.6 Å². The molecule has 0 aliphatic heterocycles. The van der Waals surface area contributed by atoms with Crippen molar-refractivity contribution >= 4 is 16.9 Å². The van der Waals surface area contributed by atoms with Gasteiger partial charge in [-0.2, -0.15) is 0 Å². The van der Waals surface area contributed by atoms with E-state index in [0.717, 1.165) is 35.1 Å². The van der Waals surface area contributed by atoms with Crippen LogP contribution in [-0.2, 0) is 4.79 Å². The molecule has 0 saturated carbocycles. The lowest BCUT2D eigenvalue weighted by molar-refractivity contribution is -0.131. The molecule has 4 nitrogen and oxygen atoms in total. The SMILES string of the molecule is CCC(CC)(CN)C(=O)NC(C)c1oc2ccccc2c1C. The van der Waals surface area contributed by atoms with Gasteiger partial charge in [-0.05, 0) is 32.8 Å². The van der Waals surface area contributed by atoms with Crippen molar-refractivity contribution in [3.05, 3.63) is 35.6 Å². The van der Waals surface area contributed by atoms with Gasteiger partial charge < -0.3 is 15.5 Å². The zero-order valence-corrected chi connectivity index (χ0v) is 13.9. The average molecular weight is 302 g/mol. The summed E-state index contributed by atoms with van der Waals surface area (Å²) in [6, 6.07) is 7.75. The molecule has 0 bridgehead atoms. The Hall–Kier alpha value is -1.81. The van der Waals surface area contributed by atoms with Crippen LogP contribution in [0.15, 0.2) is 28.7 Å². The van der Waals surface area contributed by atoms with E-state index in [1.807, 2.05) is 52.0 Å². The average Bonchev–Trinajstić information content (AvgIpc) is 2.87. The number of fused-ring (bicyclic) bond motifs is 1. The maximum absolute atomic E-state index is 12.6. The smallest absolute Gasteiger partial charge is 0.228 e. The second-order valence-electron chi connectivity index (χ2n) is 5.97. The zero-order valence-electron chi connectivity index (χ0n) is 13.9. The number of rotatable bonds is 6. The van der Waals surface area contributed by atoms with Crippen LogP contribution >= 0.6 is 0 Å². The quantitative estimate of drug-likeness (QED) is 0.855. The summed E-state index contributed by atoms with van der Waals surface area (Å²) < 4.78 is 5.93. The highest BCUT2D eigenvalue weighted by Crippen LogP contribution is 2.31. The van der Waals surface area contributed by atoms with E-state index < -0.39 is 5.41 Å². The van der Waals surface area contributed by atoms with Crippen molar-refractivity contribution in [2.24, 2.45) is 11.1 Å². The highest BCUT2D eigenvalue weighted by Gasteiger charge is 2.34. The molecule has 2 aromatic rings. The van der Waals surface area contributed by atoms with Gasteiger partial charge in [-0.25, -0.2) is 0 Å². The summed E-state index contributed by atoms with van der Waals surface area (Å²) in [7, 11) is 0. The molecule has 0 saturated heterocycles. The number of amides is 1. The first-order valence-corrected chi connectivity index (χ1v) is 7.98. The van der Waals surface area contributed by atoms with Crippen LogP contribution in [-0.4, -0.2) is 12.5 Å². The maximum atomic E-state index is 12.6. The molecule has 0 radical (unpaired) electrons. The molecule has 2 rings (SSSR count). The molecule has 0 aliphatic rings. The predicted molar refractivity (Wildman–Crippen MR) is 89.6 cm³/mol. The Morgan fingerprint density at radius 3 is 2.50 bits per heavy atom. The fraction of sp³-hybridized carbons (Fsp3) is 0.500. The Morgan fingerprint density at radius 2 is 1.95 bits per heavy atom. The van der Waals surface area contributed by atoms with E-state index in [4.69, 9.17) is 10.2 Å². The maximum Gasteiger partial charge on any atom is 0.228 e. The Kier molecular flexibility index (Phi) is 4.91. The molecule has 4 heteroatoms. The fourth-order valence-electron chi connectivity index (χ4n) is 2.97. The molecule has 0 aliphatic carbocycles. The van der Waals surface area contributed by atoms with Crippen LogP contribution in [0.3, 0.4) is 0 Å². The minimum Gasteiger partial charge on any atom is -0.459 e. The van der Waals surface area contributed by atoms with Gasteiger partial charge in [0.05, 0.1) is 11.5 Å². The normalized spacial score (nSPS) is 13.3. The van der Waals surface area contributed by atoms with Crippen LogP contribution in [0.5, 0.6) is 0 Å². The standard InChI is InChI=1S/C18H26N2O2/c1-5-18(6-2,11-19)17(21)20-13(4)16-12(3)14-9-7-8-10-15(14)22-16/h7-10,13H,5-6,11,19H2,1-4H3,(H,20,21). The summed E-state index contributed by atoms with van der Waals surface area (Å²) in [6.07, 6.45) is 1.47. The van der Waals surface area contributed by atoms with E-state index in [1.54, 1.807) is 0 Å². The summed E-state index contributed by atoms with van der Waals surface area (Å²) in [5.41, 5.74) is 7.29. The van der Waals surface area contributed by atoms with Gasteiger partial charge in [0, 0.05) is 17.5 Å². The number of furan rings is 1. The van der Waals surface area contributed by atoms with Crippen LogP contribution < -0.4 is 11.1 Å². The Morgan fingerprint density at radius 1 is 1.32 bits per heavy atom. The van der Waals surface area contributed by atoms with E-state index >= 15 is 0 Å². The van der Waals surface area contributed by atoms with Gasteiger partial charge >= 0.3 is 0 Å². The second-order valence-corrected chi connectivity index (χ2v) is 5.97. The molecule has 1 atom stereocenters. The van der Waals surface area contributed by atoms with Crippen molar-refractivity contribution in [3.63, 3.8) is 0 Å². The molecule has 1 unspecified atom stereocenters. The molecule has 1 aromatic carbocycles. The van der Waals surface area contributed by atoms with E-state index in [0.29, 0.717) is 6.54 Å². The minimum absolute atomic E-state index is 0.00681. The first-order chi connectivity index (χ1) is 10.5. The first kappa shape index (κ1) is 16.6. The second kappa shape index (κ2) is 6.53. The number of carbonyl (C=O) groups excluding carboxylic acids is 1. The van der Waals surface area contributed by atoms with E-state index in [2.05, 4.69) is 5.32 Å². The molecule has 22 heavy (non-hydrogen) atoms. The molecule has 0 spiro atoms. The van der Waals surface area contributed by atoms with Crippen molar-refractivity contribution in [1.29, 1.82) is 0 Å². The molecular weight excluding hydrogens is 276 g/mol. The van der Waals surface area contributed by atoms with Gasteiger partial charge in [-0.3, -0.25) is 4.79 Å². The zero-order chi connectivity index (χ0) is 16.3. The third-order valence-corrected chi connectivity index (χ3v) is 4.85. The van der Waals surface area contributed by atoms with Crippen molar-refractivity contribution in [3.8, 4) is 0 Å². The predicted octanol–water partition coefficient (Wildman–Crippen LogP) is 3.68. The topological polar surface area (TPSA) is 68.3 Å². The van der Waals surface area contributed by atoms with Crippen LogP contribution in [0.4, 0.5) is 0 Å². The van der Waals surface area contributed by atoms with Gasteiger partial charge in [0.25, 0.3) is 0 Å². The molecule has 1 heterocycles. The Balaban J connectivity index is 2.25. The van der Waals surface area contributed by atoms with Crippen LogP contribution in [0, 0.1) is 12.3 Å². The molecule has 3 N–H and O–H groups in total. The lowest BCUT2D eigenvalue weighted by atomic mass is 9.81. The van der Waals surface area contributed by atoms with E-state index in [9.17, 15) is 4.79 Å². The highest BCUT2D eigenvalue weighted by molar-refractivity contribution is 5.84. The number of carbonyl (C=O) groups is 1. The molecule has 1 amide bonds. The summed E-state index contributed by atoms with van der Waals surface area (Å²) in [5.74, 6) is 0.819. The van der Waals surface area contributed by atoms with Gasteiger partial charge in [-0.15, -0.1) is 0 Å². The number of benzene rings is 1. The van der Waals surface area contributed by atoms with Crippen LogP contribution in [0.2, 0.25) is 0 Å². The van der Waals surface area contributed by atoms with Gasteiger partial charge in [0.15, 0.2) is 0 Å². The largest absolute Gasteiger partial charge is 0.459 e.